The maximum Gasteiger partial charge on any atom is 0.231 e. The van der Waals surface area contributed by atoms with Crippen LogP contribution >= 0.6 is 0 Å². The number of Topliss-reactive ketones (excluding diaryl/α,β-unsaturated/α-hetero) is 1. The molecule has 0 spiro atoms. The molecule has 0 aromatic heterocycles. The third-order valence-electron chi connectivity index (χ3n) is 6.39. The highest BCUT2D eigenvalue weighted by atomic mass is 16.5. The largest absolute Gasteiger partial charge is 0.477 e. The number of ketones is 1. The molecule has 30 heavy (non-hydrogen) atoms. The van der Waals surface area contributed by atoms with Crippen LogP contribution in [-0.4, -0.2) is 23.5 Å². The molecule has 4 nitrogen and oxygen atoms in total. The first-order valence-corrected chi connectivity index (χ1v) is 10.9. The number of hydrogen-bond donors (Lipinski definition) is 0. The van der Waals surface area contributed by atoms with Crippen molar-refractivity contribution < 1.29 is 14.3 Å². The van der Waals surface area contributed by atoms with E-state index in [2.05, 4.69) is 4.90 Å². The number of fused-ring (bicyclic) bond motifs is 2. The van der Waals surface area contributed by atoms with Crippen LogP contribution in [0.2, 0.25) is 0 Å². The van der Waals surface area contributed by atoms with Gasteiger partial charge in [-0.3, -0.25) is 9.69 Å². The van der Waals surface area contributed by atoms with Crippen LogP contribution in [0, 0.1) is 6.92 Å². The van der Waals surface area contributed by atoms with E-state index in [-0.39, 0.29) is 5.78 Å². The van der Waals surface area contributed by atoms with Crippen molar-refractivity contribution in [2.75, 3.05) is 6.73 Å². The number of nitrogens with zero attached hydrogens (tertiary/aromatic N) is 1. The predicted molar refractivity (Wildman–Crippen MR) is 118 cm³/mol. The molecule has 4 heteroatoms. The van der Waals surface area contributed by atoms with Gasteiger partial charge in [0.25, 0.3) is 0 Å². The van der Waals surface area contributed by atoms with Crippen molar-refractivity contribution in [3.05, 3.63) is 76.6 Å². The van der Waals surface area contributed by atoms with Crippen molar-refractivity contribution in [2.24, 2.45) is 0 Å². The van der Waals surface area contributed by atoms with Crippen LogP contribution in [0.3, 0.4) is 0 Å². The van der Waals surface area contributed by atoms with Gasteiger partial charge in [0, 0.05) is 23.7 Å². The second-order valence-electron chi connectivity index (χ2n) is 8.41. The molecular formula is C26H27NO3. The summed E-state index contributed by atoms with van der Waals surface area (Å²) in [6.07, 6.45) is 12.0. The monoisotopic (exact) mass is 401 g/mol. The van der Waals surface area contributed by atoms with Gasteiger partial charge in [0.05, 0.1) is 5.56 Å². The van der Waals surface area contributed by atoms with E-state index in [9.17, 15) is 4.79 Å². The Hall–Kier alpha value is -2.85. The molecule has 0 N–H and O–H groups in total. The molecule has 154 valence electrons. The molecule has 2 aromatic rings. The summed E-state index contributed by atoms with van der Waals surface area (Å²) in [7, 11) is 0. The van der Waals surface area contributed by atoms with Crippen LogP contribution in [0.4, 0.5) is 0 Å². The maximum absolute atomic E-state index is 13.0. The summed E-state index contributed by atoms with van der Waals surface area (Å²) in [6, 6.07) is 12.6. The summed E-state index contributed by atoms with van der Waals surface area (Å²) in [4.78, 5) is 15.4. The van der Waals surface area contributed by atoms with Crippen LogP contribution in [0.5, 0.6) is 11.5 Å². The Morgan fingerprint density at radius 3 is 2.67 bits per heavy atom. The molecule has 5 rings (SSSR count). The third kappa shape index (κ3) is 3.56. The second-order valence-corrected chi connectivity index (χ2v) is 8.41. The SMILES string of the molecule is Cc1c2c(cc3c1O/C(=C\C=C\c1ccccc1)C3=O)CN(C1CCCCC1)CO2. The van der Waals surface area contributed by atoms with Gasteiger partial charge >= 0.3 is 0 Å². The van der Waals surface area contributed by atoms with Crippen molar-refractivity contribution in [3.63, 3.8) is 0 Å². The Balaban J connectivity index is 1.38. The molecule has 1 fully saturated rings. The van der Waals surface area contributed by atoms with Gasteiger partial charge in [-0.15, -0.1) is 0 Å². The highest BCUT2D eigenvalue weighted by Crippen LogP contribution is 2.43. The maximum atomic E-state index is 13.0. The molecule has 3 aliphatic rings. The Morgan fingerprint density at radius 1 is 1.07 bits per heavy atom. The van der Waals surface area contributed by atoms with Crippen LogP contribution in [0.1, 0.15) is 59.2 Å². The van der Waals surface area contributed by atoms with Crippen molar-refractivity contribution in [1.82, 2.24) is 4.90 Å². The van der Waals surface area contributed by atoms with E-state index in [1.165, 1.54) is 32.1 Å². The van der Waals surface area contributed by atoms with E-state index in [0.717, 1.165) is 29.0 Å². The quantitative estimate of drug-likeness (QED) is 0.623. The van der Waals surface area contributed by atoms with Gasteiger partial charge in [-0.2, -0.15) is 0 Å². The van der Waals surface area contributed by atoms with Crippen molar-refractivity contribution in [3.8, 4) is 11.5 Å². The topological polar surface area (TPSA) is 38.8 Å². The summed E-state index contributed by atoms with van der Waals surface area (Å²) in [5.41, 5.74) is 3.76. The number of ether oxygens (including phenoxy) is 2. The first-order valence-electron chi connectivity index (χ1n) is 10.9. The van der Waals surface area contributed by atoms with E-state index in [0.29, 0.717) is 29.8 Å². The lowest BCUT2D eigenvalue weighted by Gasteiger charge is -2.37. The van der Waals surface area contributed by atoms with Gasteiger partial charge in [0.15, 0.2) is 5.76 Å². The molecule has 0 unspecified atom stereocenters. The van der Waals surface area contributed by atoms with E-state index >= 15 is 0 Å². The van der Waals surface area contributed by atoms with Gasteiger partial charge in [0.1, 0.15) is 18.2 Å². The minimum atomic E-state index is -0.0524. The summed E-state index contributed by atoms with van der Waals surface area (Å²) in [5.74, 6) is 1.84. The fraction of sp³-hybridized carbons (Fsp3) is 0.346. The second kappa shape index (κ2) is 8.11. The third-order valence-corrected chi connectivity index (χ3v) is 6.39. The van der Waals surface area contributed by atoms with Gasteiger partial charge in [-0.25, -0.2) is 0 Å². The van der Waals surface area contributed by atoms with Crippen LogP contribution in [0.15, 0.2) is 54.3 Å². The van der Waals surface area contributed by atoms with E-state index in [1.54, 1.807) is 6.08 Å². The normalized spacial score (nSPS) is 20.8. The fourth-order valence-corrected chi connectivity index (χ4v) is 4.77. The highest BCUT2D eigenvalue weighted by molar-refractivity contribution is 6.13. The fourth-order valence-electron chi connectivity index (χ4n) is 4.77. The summed E-state index contributed by atoms with van der Waals surface area (Å²) >= 11 is 0. The van der Waals surface area contributed by atoms with Gasteiger partial charge < -0.3 is 9.47 Å². The van der Waals surface area contributed by atoms with Crippen LogP contribution < -0.4 is 9.47 Å². The Labute approximate surface area is 177 Å². The molecular weight excluding hydrogens is 374 g/mol. The van der Waals surface area contributed by atoms with Crippen molar-refractivity contribution in [2.45, 2.75) is 51.6 Å². The number of allylic oxidation sites excluding steroid dienone is 3. The van der Waals surface area contributed by atoms with Crippen molar-refractivity contribution >= 4 is 11.9 Å². The zero-order valence-electron chi connectivity index (χ0n) is 17.4. The Kier molecular flexibility index (Phi) is 5.17. The Bertz CT molecular complexity index is 1020. The van der Waals surface area contributed by atoms with E-state index in [4.69, 9.17) is 9.47 Å². The number of rotatable bonds is 3. The average molecular weight is 402 g/mol. The average Bonchev–Trinajstić information content (AvgIpc) is 3.11. The summed E-state index contributed by atoms with van der Waals surface area (Å²) in [5, 5.41) is 0. The minimum absolute atomic E-state index is 0.0524. The lowest BCUT2D eigenvalue weighted by molar-refractivity contribution is 0.0397. The molecule has 1 aliphatic carbocycles. The van der Waals surface area contributed by atoms with Crippen LogP contribution in [0.25, 0.3) is 6.08 Å². The lowest BCUT2D eigenvalue weighted by atomic mass is 9.93. The zero-order valence-corrected chi connectivity index (χ0v) is 17.4. The lowest BCUT2D eigenvalue weighted by Crippen LogP contribution is -2.41. The van der Waals surface area contributed by atoms with Gasteiger partial charge in [-0.1, -0.05) is 61.7 Å². The molecule has 2 heterocycles. The number of carbonyl (C=O) groups is 1. The summed E-state index contributed by atoms with van der Waals surface area (Å²) < 4.78 is 12.1. The number of carbonyl (C=O) groups excluding carboxylic acids is 1. The number of hydrogen-bond acceptors (Lipinski definition) is 4. The van der Waals surface area contributed by atoms with E-state index < -0.39 is 0 Å². The van der Waals surface area contributed by atoms with Gasteiger partial charge in [-0.05, 0) is 37.5 Å². The molecule has 1 saturated carbocycles. The molecule has 0 atom stereocenters. The highest BCUT2D eigenvalue weighted by Gasteiger charge is 2.34. The summed E-state index contributed by atoms with van der Waals surface area (Å²) in [6.45, 7) is 3.45. The van der Waals surface area contributed by atoms with Gasteiger partial charge in [0.2, 0.25) is 5.78 Å². The molecule has 0 amide bonds. The first-order chi connectivity index (χ1) is 14.7. The zero-order chi connectivity index (χ0) is 20.5. The molecule has 0 bridgehead atoms. The molecule has 2 aromatic carbocycles. The van der Waals surface area contributed by atoms with E-state index in [1.807, 2.05) is 55.5 Å². The standard InChI is InChI=1S/C26H27NO3/c1-18-25-20(16-27(17-29-25)21-12-6-3-7-13-21)15-22-24(28)23(30-26(18)22)14-8-11-19-9-4-2-5-10-19/h2,4-5,8-11,14-15,21H,3,6-7,12-13,16-17H2,1H3/b11-8+,23-14-. The molecule has 0 saturated heterocycles. The Morgan fingerprint density at radius 2 is 1.87 bits per heavy atom. The first kappa shape index (κ1) is 19.1. The smallest absolute Gasteiger partial charge is 0.231 e. The predicted octanol–water partition coefficient (Wildman–Crippen LogP) is 5.65. The number of benzene rings is 2. The molecule has 2 aliphatic heterocycles. The van der Waals surface area contributed by atoms with Crippen molar-refractivity contribution in [1.29, 1.82) is 0 Å². The minimum Gasteiger partial charge on any atom is -0.477 e. The molecule has 0 radical (unpaired) electrons. The van der Waals surface area contributed by atoms with Crippen LogP contribution in [-0.2, 0) is 6.54 Å².